The maximum absolute atomic E-state index is 12.2. The van der Waals surface area contributed by atoms with Crippen LogP contribution in [0.1, 0.15) is 27.6 Å². The number of methoxy groups -OCH3 is 1. The lowest BCUT2D eigenvalue weighted by molar-refractivity contribution is 0.0734. The fourth-order valence-corrected chi connectivity index (χ4v) is 2.46. The van der Waals surface area contributed by atoms with E-state index in [4.69, 9.17) is 13.9 Å². The van der Waals surface area contributed by atoms with Crippen molar-refractivity contribution in [2.45, 2.75) is 6.92 Å². The molecular formula is C20H17NO6. The van der Waals surface area contributed by atoms with Crippen molar-refractivity contribution in [3.63, 3.8) is 0 Å². The molecule has 1 amide bonds. The summed E-state index contributed by atoms with van der Waals surface area (Å²) in [6.07, 6.45) is 0. The molecule has 1 N–H and O–H groups in total. The summed E-state index contributed by atoms with van der Waals surface area (Å²) < 4.78 is 15.6. The van der Waals surface area contributed by atoms with E-state index < -0.39 is 17.5 Å². The van der Waals surface area contributed by atoms with E-state index in [1.165, 1.54) is 19.2 Å². The normalized spacial score (nSPS) is 10.4. The number of nitrogens with one attached hydrogen (secondary N) is 1. The lowest BCUT2D eigenvalue weighted by atomic mass is 10.1. The number of benzene rings is 2. The second-order valence-corrected chi connectivity index (χ2v) is 5.62. The van der Waals surface area contributed by atoms with Gasteiger partial charge in [-0.1, -0.05) is 0 Å². The average Bonchev–Trinajstić information content (AvgIpc) is 2.67. The zero-order valence-corrected chi connectivity index (χ0v) is 14.8. The van der Waals surface area contributed by atoms with E-state index in [2.05, 4.69) is 5.32 Å². The maximum Gasteiger partial charge on any atom is 0.349 e. The fourth-order valence-electron chi connectivity index (χ4n) is 2.46. The molecule has 0 unspecified atom stereocenters. The molecule has 7 nitrogen and oxygen atoms in total. The minimum absolute atomic E-state index is 0.0765. The Morgan fingerprint density at radius 2 is 1.74 bits per heavy atom. The topological polar surface area (TPSA) is 94.8 Å². The number of hydrogen-bond donors (Lipinski definition) is 1. The first-order valence-corrected chi connectivity index (χ1v) is 8.24. The van der Waals surface area contributed by atoms with Gasteiger partial charge in [0, 0.05) is 18.0 Å². The summed E-state index contributed by atoms with van der Waals surface area (Å²) in [6.45, 7) is 2.15. The van der Waals surface area contributed by atoms with E-state index in [0.29, 0.717) is 23.2 Å². The highest BCUT2D eigenvalue weighted by molar-refractivity contribution is 5.97. The van der Waals surface area contributed by atoms with E-state index in [0.717, 1.165) is 0 Å². The van der Waals surface area contributed by atoms with Crippen molar-refractivity contribution >= 4 is 22.8 Å². The molecular weight excluding hydrogens is 350 g/mol. The molecule has 0 saturated carbocycles. The van der Waals surface area contributed by atoms with Gasteiger partial charge in [0.1, 0.15) is 22.6 Å². The molecule has 0 fully saturated rings. The Hall–Kier alpha value is -3.61. The van der Waals surface area contributed by atoms with Gasteiger partial charge in [-0.3, -0.25) is 4.79 Å². The predicted molar refractivity (Wildman–Crippen MR) is 98.4 cm³/mol. The van der Waals surface area contributed by atoms with Crippen LogP contribution in [0.4, 0.5) is 0 Å². The lowest BCUT2D eigenvalue weighted by Crippen LogP contribution is -2.27. The van der Waals surface area contributed by atoms with Gasteiger partial charge < -0.3 is 19.2 Å². The Bertz CT molecular complexity index is 1050. The van der Waals surface area contributed by atoms with Gasteiger partial charge >= 0.3 is 11.6 Å². The largest absolute Gasteiger partial charge is 0.497 e. The van der Waals surface area contributed by atoms with Crippen LogP contribution in [0.3, 0.4) is 0 Å². The first-order valence-electron chi connectivity index (χ1n) is 8.24. The Labute approximate surface area is 154 Å². The van der Waals surface area contributed by atoms with E-state index in [1.54, 1.807) is 43.3 Å². The van der Waals surface area contributed by atoms with Gasteiger partial charge in [-0.15, -0.1) is 0 Å². The third-order valence-electron chi connectivity index (χ3n) is 3.83. The van der Waals surface area contributed by atoms with E-state index in [1.807, 2.05) is 0 Å². The van der Waals surface area contributed by atoms with Crippen molar-refractivity contribution in [3.05, 3.63) is 70.1 Å². The maximum atomic E-state index is 12.2. The predicted octanol–water partition coefficient (Wildman–Crippen LogP) is 2.77. The number of carbonyl (C=O) groups is 2. The van der Waals surface area contributed by atoms with Crippen LogP contribution in [0, 0.1) is 0 Å². The molecule has 0 aliphatic carbocycles. The minimum atomic E-state index is -0.757. The fraction of sp³-hybridized carbons (Fsp3) is 0.150. The number of esters is 1. The van der Waals surface area contributed by atoms with Gasteiger partial charge in [0.2, 0.25) is 0 Å². The standard InChI is InChI=1S/C20H17NO6/c1-3-21-18(22)16-10-13-6-9-15(11-17(13)27-20(16)24)26-19(23)12-4-7-14(25-2)8-5-12/h4-11H,3H2,1-2H3,(H,21,22). The second-order valence-electron chi connectivity index (χ2n) is 5.62. The zero-order chi connectivity index (χ0) is 19.4. The number of hydrogen-bond acceptors (Lipinski definition) is 6. The molecule has 3 aromatic rings. The van der Waals surface area contributed by atoms with Crippen molar-refractivity contribution in [1.29, 1.82) is 0 Å². The number of amides is 1. The summed E-state index contributed by atoms with van der Waals surface area (Å²) >= 11 is 0. The molecule has 1 aromatic heterocycles. The van der Waals surface area contributed by atoms with Gasteiger partial charge in [0.25, 0.3) is 5.91 Å². The average molecular weight is 367 g/mol. The summed E-state index contributed by atoms with van der Waals surface area (Å²) in [7, 11) is 1.54. The summed E-state index contributed by atoms with van der Waals surface area (Å²) in [5.74, 6) is -0.208. The van der Waals surface area contributed by atoms with Crippen molar-refractivity contribution in [2.24, 2.45) is 0 Å². The first kappa shape index (κ1) is 18.2. The highest BCUT2D eigenvalue weighted by Crippen LogP contribution is 2.22. The molecule has 27 heavy (non-hydrogen) atoms. The molecule has 2 aromatic carbocycles. The molecule has 7 heteroatoms. The molecule has 3 rings (SSSR count). The molecule has 0 aliphatic rings. The van der Waals surface area contributed by atoms with Crippen molar-refractivity contribution in [3.8, 4) is 11.5 Å². The quantitative estimate of drug-likeness (QED) is 0.423. The van der Waals surface area contributed by atoms with Crippen LogP contribution < -0.4 is 20.4 Å². The third kappa shape index (κ3) is 3.98. The monoisotopic (exact) mass is 367 g/mol. The van der Waals surface area contributed by atoms with Crippen molar-refractivity contribution in [1.82, 2.24) is 5.32 Å². The summed E-state index contributed by atoms with van der Waals surface area (Å²) in [6, 6.07) is 12.5. The number of rotatable bonds is 5. The van der Waals surface area contributed by atoms with Crippen LogP contribution in [0.25, 0.3) is 11.0 Å². The second kappa shape index (κ2) is 7.74. The Kier molecular flexibility index (Phi) is 5.21. The third-order valence-corrected chi connectivity index (χ3v) is 3.83. The van der Waals surface area contributed by atoms with Crippen LogP contribution in [0.2, 0.25) is 0 Å². The van der Waals surface area contributed by atoms with Gasteiger partial charge in [-0.05, 0) is 49.4 Å². The van der Waals surface area contributed by atoms with Crippen molar-refractivity contribution < 1.29 is 23.5 Å². The van der Waals surface area contributed by atoms with Crippen LogP contribution in [-0.2, 0) is 0 Å². The number of ether oxygens (including phenoxy) is 2. The molecule has 0 aliphatic heterocycles. The van der Waals surface area contributed by atoms with Gasteiger partial charge in [-0.25, -0.2) is 9.59 Å². The van der Waals surface area contributed by atoms with Crippen LogP contribution in [0.5, 0.6) is 11.5 Å². The van der Waals surface area contributed by atoms with E-state index in [-0.39, 0.29) is 16.9 Å². The van der Waals surface area contributed by atoms with Crippen LogP contribution >= 0.6 is 0 Å². The summed E-state index contributed by atoms with van der Waals surface area (Å²) in [5, 5.41) is 3.10. The Morgan fingerprint density at radius 3 is 2.41 bits per heavy atom. The van der Waals surface area contributed by atoms with Crippen LogP contribution in [0.15, 0.2) is 57.7 Å². The highest BCUT2D eigenvalue weighted by Gasteiger charge is 2.14. The lowest BCUT2D eigenvalue weighted by Gasteiger charge is -2.07. The SMILES string of the molecule is CCNC(=O)c1cc2ccc(OC(=O)c3ccc(OC)cc3)cc2oc1=O. The summed E-state index contributed by atoms with van der Waals surface area (Å²) in [4.78, 5) is 36.1. The molecule has 0 spiro atoms. The van der Waals surface area contributed by atoms with E-state index in [9.17, 15) is 14.4 Å². The molecule has 138 valence electrons. The number of fused-ring (bicyclic) bond motifs is 1. The van der Waals surface area contributed by atoms with E-state index >= 15 is 0 Å². The van der Waals surface area contributed by atoms with Gasteiger partial charge in [-0.2, -0.15) is 0 Å². The van der Waals surface area contributed by atoms with Crippen LogP contribution in [-0.4, -0.2) is 25.5 Å². The Morgan fingerprint density at radius 1 is 1.04 bits per heavy atom. The molecule has 1 heterocycles. The first-order chi connectivity index (χ1) is 13.0. The molecule has 0 atom stereocenters. The highest BCUT2D eigenvalue weighted by atomic mass is 16.5. The van der Waals surface area contributed by atoms with Gasteiger partial charge in [0.05, 0.1) is 12.7 Å². The van der Waals surface area contributed by atoms with Gasteiger partial charge in [0.15, 0.2) is 0 Å². The summed E-state index contributed by atoms with van der Waals surface area (Å²) in [5.41, 5.74) is -0.267. The number of carbonyl (C=O) groups excluding carboxylic acids is 2. The molecule has 0 saturated heterocycles. The minimum Gasteiger partial charge on any atom is -0.497 e. The zero-order valence-electron chi connectivity index (χ0n) is 14.8. The molecule has 0 bridgehead atoms. The van der Waals surface area contributed by atoms with Crippen molar-refractivity contribution in [2.75, 3.05) is 13.7 Å². The smallest absolute Gasteiger partial charge is 0.349 e. The molecule has 0 radical (unpaired) electrons. The Balaban J connectivity index is 1.85.